The van der Waals surface area contributed by atoms with Gasteiger partial charge in [0.25, 0.3) is 3.92 Å². The van der Waals surface area contributed by atoms with Gasteiger partial charge in [-0.3, -0.25) is 4.57 Å². The summed E-state index contributed by atoms with van der Waals surface area (Å²) in [5.74, 6) is -0.177. The van der Waals surface area contributed by atoms with Crippen molar-refractivity contribution in [3.8, 4) is 0 Å². The van der Waals surface area contributed by atoms with Crippen LogP contribution in [0.5, 0.6) is 0 Å². The Morgan fingerprint density at radius 1 is 0.824 bits per heavy atom. The average Bonchev–Trinajstić information content (AvgIpc) is 2.42. The number of rotatable bonds is 0. The minimum Gasteiger partial charge on any atom is -0.279 e. The third kappa shape index (κ3) is 4.14. The molecule has 0 unspecified atom stereocenters. The van der Waals surface area contributed by atoms with Crippen molar-refractivity contribution < 1.29 is 0 Å². The van der Waals surface area contributed by atoms with Crippen LogP contribution in [-0.4, -0.2) is 9.55 Å². The first-order valence-corrected chi connectivity index (χ1v) is 7.04. The molecule has 0 saturated carbocycles. The lowest BCUT2D eigenvalue weighted by atomic mass is 10.5. The van der Waals surface area contributed by atoms with Crippen molar-refractivity contribution in [2.24, 2.45) is 0 Å². The van der Waals surface area contributed by atoms with Gasteiger partial charge in [-0.05, 0) is 0 Å². The van der Waals surface area contributed by atoms with Crippen LogP contribution in [0.4, 0.5) is 0 Å². The lowest BCUT2D eigenvalue weighted by Crippen LogP contribution is -2.25. The van der Waals surface area contributed by atoms with Crippen molar-refractivity contribution in [3.63, 3.8) is 0 Å². The second-order valence-corrected chi connectivity index (χ2v) is 9.55. The van der Waals surface area contributed by atoms with Crippen LogP contribution in [-0.2, 0) is 11.5 Å². The van der Waals surface area contributed by atoms with Crippen LogP contribution in [0.1, 0.15) is 11.5 Å². The van der Waals surface area contributed by atoms with E-state index in [0.717, 1.165) is 10.8 Å². The van der Waals surface area contributed by atoms with Gasteiger partial charge in [-0.2, -0.15) is 0 Å². The Labute approximate surface area is 142 Å². The summed E-state index contributed by atoms with van der Waals surface area (Å²) in [5, 5.41) is 0. The molecule has 2 nitrogen and oxygen atoms in total. The first-order valence-electron chi connectivity index (χ1n) is 3.64. The molecule has 0 spiro atoms. The van der Waals surface area contributed by atoms with Crippen molar-refractivity contribution in [2.45, 2.75) is 11.5 Å². The van der Waals surface area contributed by atoms with Crippen LogP contribution < -0.4 is 0 Å². The third-order valence-electron chi connectivity index (χ3n) is 1.56. The normalized spacial score (nSPS) is 14.2. The lowest BCUT2D eigenvalue weighted by Gasteiger charge is -2.24. The van der Waals surface area contributed by atoms with Crippen LogP contribution in [0.15, 0.2) is 6.20 Å². The maximum Gasteiger partial charge on any atom is 0.273 e. The Kier molecular flexibility index (Phi) is 5.27. The second-order valence-electron chi connectivity index (χ2n) is 2.77. The van der Waals surface area contributed by atoms with Gasteiger partial charge in [-0.1, -0.05) is 104 Å². The zero-order valence-electron chi connectivity index (χ0n) is 7.37. The number of hydrogen-bond donors (Lipinski definition) is 0. The van der Waals surface area contributed by atoms with Gasteiger partial charge in [0.2, 0.25) is 7.59 Å². The summed E-state index contributed by atoms with van der Waals surface area (Å²) in [5.41, 5.74) is -0.0381. The molecule has 1 aromatic rings. The molecule has 0 N–H and O–H groups in total. The fraction of sp³-hybridized carbons (Fsp3) is 0.500. The highest BCUT2D eigenvalue weighted by Gasteiger charge is 2.42. The molecular formula is C6HCl9N2. The van der Waals surface area contributed by atoms with E-state index < -0.39 is 11.5 Å². The highest BCUT2D eigenvalue weighted by atomic mass is 35.6. The molecule has 0 aliphatic rings. The van der Waals surface area contributed by atoms with Crippen LogP contribution in [0.2, 0.25) is 0 Å². The zero-order chi connectivity index (χ0) is 13.6. The minimum absolute atomic E-state index is 0.0381. The second kappa shape index (κ2) is 5.31. The van der Waals surface area contributed by atoms with Crippen LogP contribution in [0.25, 0.3) is 0 Å². The molecule has 0 aliphatic carbocycles. The molecular weight excluding hydrogens is 419 g/mol. The van der Waals surface area contributed by atoms with E-state index in [1.807, 2.05) is 0 Å². The number of nitrogens with zero attached hydrogens (tertiary/aromatic N) is 2. The van der Waals surface area contributed by atoms with Gasteiger partial charge in [0.1, 0.15) is 0 Å². The van der Waals surface area contributed by atoms with E-state index in [4.69, 9.17) is 104 Å². The van der Waals surface area contributed by atoms with E-state index in [9.17, 15) is 0 Å². The Bertz CT molecular complexity index is 375. The van der Waals surface area contributed by atoms with Gasteiger partial charge in [0.05, 0.1) is 11.9 Å². The van der Waals surface area contributed by atoms with E-state index >= 15 is 0 Å². The SMILES string of the molecule is ClC(Cl)(Cl)c1cnc(C(Cl)(Cl)Cl)n1C(Cl)(Cl)Cl. The third-order valence-corrected chi connectivity index (χ3v) is 3.15. The smallest absolute Gasteiger partial charge is 0.273 e. The van der Waals surface area contributed by atoms with Gasteiger partial charge < -0.3 is 0 Å². The monoisotopic (exact) mass is 416 g/mol. The summed E-state index contributed by atoms with van der Waals surface area (Å²) >= 11 is 51.3. The van der Waals surface area contributed by atoms with Gasteiger partial charge >= 0.3 is 0 Å². The van der Waals surface area contributed by atoms with Crippen molar-refractivity contribution >= 4 is 104 Å². The Morgan fingerprint density at radius 3 is 1.59 bits per heavy atom. The maximum absolute atomic E-state index is 5.72. The summed E-state index contributed by atoms with van der Waals surface area (Å²) in [6.07, 6.45) is 1.14. The van der Waals surface area contributed by atoms with Crippen LogP contribution in [0, 0.1) is 0 Å². The fourth-order valence-electron chi connectivity index (χ4n) is 1.01. The molecule has 0 fully saturated rings. The molecule has 17 heavy (non-hydrogen) atoms. The molecule has 0 amide bonds. The first-order chi connectivity index (χ1) is 7.35. The number of imidazole rings is 1. The molecule has 1 heterocycles. The molecule has 0 aromatic carbocycles. The topological polar surface area (TPSA) is 17.8 Å². The summed E-state index contributed by atoms with van der Waals surface area (Å²) in [7, 11) is 0. The van der Waals surface area contributed by atoms with E-state index in [2.05, 4.69) is 4.98 Å². The van der Waals surface area contributed by atoms with Crippen molar-refractivity contribution in [1.29, 1.82) is 0 Å². The summed E-state index contributed by atoms with van der Waals surface area (Å²) in [6.45, 7) is 0. The molecule has 0 saturated heterocycles. The zero-order valence-corrected chi connectivity index (χ0v) is 14.2. The fourth-order valence-corrected chi connectivity index (χ4v) is 2.32. The number of hydrogen-bond acceptors (Lipinski definition) is 1. The lowest BCUT2D eigenvalue weighted by molar-refractivity contribution is 0.692. The highest BCUT2D eigenvalue weighted by molar-refractivity contribution is 6.68. The maximum atomic E-state index is 5.72. The molecule has 98 valence electrons. The molecule has 11 heteroatoms. The summed E-state index contributed by atoms with van der Waals surface area (Å²) in [6, 6.07) is 0. The van der Waals surface area contributed by atoms with Crippen molar-refractivity contribution in [1.82, 2.24) is 9.55 Å². The molecule has 1 rings (SSSR count). The Hall–Kier alpha value is 1.82. The van der Waals surface area contributed by atoms with E-state index in [-0.39, 0.29) is 11.5 Å². The first kappa shape index (κ1) is 16.9. The number of halogens is 9. The van der Waals surface area contributed by atoms with Crippen LogP contribution >= 0.6 is 104 Å². The largest absolute Gasteiger partial charge is 0.279 e. The minimum atomic E-state index is -2.02. The van der Waals surface area contributed by atoms with Gasteiger partial charge in [-0.25, -0.2) is 4.98 Å². The standard InChI is InChI=1S/C6HCl9N2/c7-4(8,9)2-1-16-3(5(10,11)12)17(2)6(13,14)15/h1H. The molecule has 0 bridgehead atoms. The molecule has 1 aromatic heterocycles. The predicted molar refractivity (Wildman–Crippen MR) is 76.2 cm³/mol. The molecule has 0 radical (unpaired) electrons. The summed E-state index contributed by atoms with van der Waals surface area (Å²) < 4.78 is -4.92. The number of alkyl halides is 9. The quantitative estimate of drug-likeness (QED) is 0.484. The van der Waals surface area contributed by atoms with Crippen molar-refractivity contribution in [2.75, 3.05) is 0 Å². The van der Waals surface area contributed by atoms with Gasteiger partial charge in [0.15, 0.2) is 5.82 Å². The predicted octanol–water partition coefficient (Wildman–Crippen LogP) is 5.82. The Morgan fingerprint density at radius 2 is 1.29 bits per heavy atom. The average molecular weight is 420 g/mol. The highest BCUT2D eigenvalue weighted by Crippen LogP contribution is 2.48. The molecule has 0 atom stereocenters. The van der Waals surface area contributed by atoms with Gasteiger partial charge in [0, 0.05) is 0 Å². The Balaban J connectivity index is 3.53. The van der Waals surface area contributed by atoms with Gasteiger partial charge in [-0.15, -0.1) is 0 Å². The van der Waals surface area contributed by atoms with E-state index in [1.165, 1.54) is 0 Å². The number of aromatic nitrogens is 2. The molecule has 0 aliphatic heterocycles. The summed E-state index contributed by atoms with van der Waals surface area (Å²) in [4.78, 5) is 3.78. The van der Waals surface area contributed by atoms with E-state index in [1.54, 1.807) is 0 Å². The van der Waals surface area contributed by atoms with Crippen molar-refractivity contribution in [3.05, 3.63) is 17.7 Å². The van der Waals surface area contributed by atoms with E-state index in [0.29, 0.717) is 0 Å². The van der Waals surface area contributed by atoms with Crippen LogP contribution in [0.3, 0.4) is 0 Å².